The molecule has 27 heavy (non-hydrogen) atoms. The van der Waals surface area contributed by atoms with Gasteiger partial charge in [-0.15, -0.1) is 11.3 Å². The molecule has 3 aromatic rings. The van der Waals surface area contributed by atoms with E-state index in [1.807, 2.05) is 31.0 Å². The van der Waals surface area contributed by atoms with Crippen LogP contribution in [0.2, 0.25) is 0 Å². The number of pyridine rings is 1. The summed E-state index contributed by atoms with van der Waals surface area (Å²) in [6, 6.07) is 3.85. The molecular formula is C20H23N5OS. The van der Waals surface area contributed by atoms with Crippen LogP contribution in [0.5, 0.6) is 0 Å². The van der Waals surface area contributed by atoms with E-state index >= 15 is 0 Å². The van der Waals surface area contributed by atoms with Crippen molar-refractivity contribution in [3.63, 3.8) is 0 Å². The van der Waals surface area contributed by atoms with Crippen LogP contribution < -0.4 is 10.2 Å². The van der Waals surface area contributed by atoms with Crippen molar-refractivity contribution in [2.75, 3.05) is 25.0 Å². The van der Waals surface area contributed by atoms with Crippen molar-refractivity contribution in [3.05, 3.63) is 35.0 Å². The number of carbonyl (C=O) groups is 1. The quantitative estimate of drug-likeness (QED) is 0.710. The van der Waals surface area contributed by atoms with Crippen LogP contribution >= 0.6 is 11.3 Å². The summed E-state index contributed by atoms with van der Waals surface area (Å²) in [5.41, 5.74) is 2.25. The Labute approximate surface area is 162 Å². The minimum atomic E-state index is 0.0147. The van der Waals surface area contributed by atoms with Crippen molar-refractivity contribution in [3.8, 4) is 11.4 Å². The molecule has 0 spiro atoms. The maximum absolute atomic E-state index is 12.2. The van der Waals surface area contributed by atoms with Crippen molar-refractivity contribution >= 4 is 33.3 Å². The molecule has 1 amide bonds. The summed E-state index contributed by atoms with van der Waals surface area (Å²) in [6.07, 6.45) is 7.80. The number of rotatable bonds is 6. The van der Waals surface area contributed by atoms with E-state index in [1.165, 1.54) is 16.9 Å². The number of fused-ring (bicyclic) bond motifs is 3. The van der Waals surface area contributed by atoms with Gasteiger partial charge in [0.15, 0.2) is 5.82 Å². The topological polar surface area (TPSA) is 71.0 Å². The maximum atomic E-state index is 12.2. The van der Waals surface area contributed by atoms with Crippen LogP contribution in [0.1, 0.15) is 30.2 Å². The molecule has 3 heterocycles. The SMILES string of the molecule is CCCNC(=O)CN(C)c1nc(-c2cccnc2)nc2sc3c(c12)CCC3. The molecule has 0 aromatic carbocycles. The predicted octanol–water partition coefficient (Wildman–Crippen LogP) is 3.20. The Balaban J connectivity index is 1.78. The van der Waals surface area contributed by atoms with E-state index in [0.29, 0.717) is 12.4 Å². The summed E-state index contributed by atoms with van der Waals surface area (Å²) in [5.74, 6) is 1.51. The van der Waals surface area contributed by atoms with Crippen LogP contribution in [-0.4, -0.2) is 41.0 Å². The first kappa shape index (κ1) is 17.9. The fourth-order valence-electron chi connectivity index (χ4n) is 3.49. The predicted molar refractivity (Wildman–Crippen MR) is 109 cm³/mol. The monoisotopic (exact) mass is 381 g/mol. The molecule has 4 rings (SSSR count). The van der Waals surface area contributed by atoms with Gasteiger partial charge in [0.2, 0.25) is 5.91 Å². The number of nitrogens with zero attached hydrogens (tertiary/aromatic N) is 4. The summed E-state index contributed by atoms with van der Waals surface area (Å²) in [4.78, 5) is 30.5. The van der Waals surface area contributed by atoms with Gasteiger partial charge in [0, 0.05) is 36.4 Å². The molecule has 0 saturated heterocycles. The van der Waals surface area contributed by atoms with Gasteiger partial charge in [-0.1, -0.05) is 6.92 Å². The third kappa shape index (κ3) is 3.51. The zero-order chi connectivity index (χ0) is 18.8. The van der Waals surface area contributed by atoms with Crippen molar-refractivity contribution in [1.82, 2.24) is 20.3 Å². The Hall–Kier alpha value is -2.54. The average molecular weight is 382 g/mol. The highest BCUT2D eigenvalue weighted by Gasteiger charge is 2.24. The Kier molecular flexibility index (Phi) is 5.03. The number of thiophene rings is 1. The molecule has 0 saturated carbocycles. The summed E-state index contributed by atoms with van der Waals surface area (Å²) >= 11 is 1.76. The normalized spacial score (nSPS) is 13.0. The largest absolute Gasteiger partial charge is 0.355 e. The zero-order valence-electron chi connectivity index (χ0n) is 15.7. The van der Waals surface area contributed by atoms with Gasteiger partial charge in [-0.3, -0.25) is 9.78 Å². The van der Waals surface area contributed by atoms with Gasteiger partial charge in [-0.2, -0.15) is 0 Å². The second kappa shape index (κ2) is 7.60. The molecule has 3 aromatic heterocycles. The van der Waals surface area contributed by atoms with Crippen molar-refractivity contribution in [1.29, 1.82) is 0 Å². The summed E-state index contributed by atoms with van der Waals surface area (Å²) < 4.78 is 0. The van der Waals surface area contributed by atoms with Gasteiger partial charge < -0.3 is 10.2 Å². The summed E-state index contributed by atoms with van der Waals surface area (Å²) in [5, 5.41) is 4.06. The lowest BCUT2D eigenvalue weighted by molar-refractivity contribution is -0.119. The van der Waals surface area contributed by atoms with E-state index in [2.05, 4.69) is 10.3 Å². The maximum Gasteiger partial charge on any atom is 0.239 e. The Morgan fingerprint density at radius 1 is 1.33 bits per heavy atom. The number of nitrogens with one attached hydrogen (secondary N) is 1. The fourth-order valence-corrected chi connectivity index (χ4v) is 4.74. The first-order chi connectivity index (χ1) is 13.2. The number of hydrogen-bond acceptors (Lipinski definition) is 6. The van der Waals surface area contributed by atoms with Gasteiger partial charge in [0.05, 0.1) is 11.9 Å². The van der Waals surface area contributed by atoms with Gasteiger partial charge in [0.25, 0.3) is 0 Å². The van der Waals surface area contributed by atoms with E-state index in [-0.39, 0.29) is 12.5 Å². The van der Waals surface area contributed by atoms with Crippen LogP contribution in [0.25, 0.3) is 21.6 Å². The highest BCUT2D eigenvalue weighted by atomic mass is 32.1. The van der Waals surface area contributed by atoms with Crippen LogP contribution in [0.4, 0.5) is 5.82 Å². The molecule has 0 bridgehead atoms. The minimum Gasteiger partial charge on any atom is -0.355 e. The van der Waals surface area contributed by atoms with Gasteiger partial charge in [-0.25, -0.2) is 9.97 Å². The molecular weight excluding hydrogens is 358 g/mol. The molecule has 0 atom stereocenters. The van der Waals surface area contributed by atoms with Gasteiger partial charge in [-0.05, 0) is 43.4 Å². The van der Waals surface area contributed by atoms with Crippen LogP contribution in [0, 0.1) is 0 Å². The van der Waals surface area contributed by atoms with Crippen molar-refractivity contribution in [2.45, 2.75) is 32.6 Å². The Morgan fingerprint density at radius 3 is 3.00 bits per heavy atom. The smallest absolute Gasteiger partial charge is 0.239 e. The Morgan fingerprint density at radius 2 is 2.22 bits per heavy atom. The second-order valence-corrected chi connectivity index (χ2v) is 7.94. The highest BCUT2D eigenvalue weighted by Crippen LogP contribution is 2.41. The molecule has 1 aliphatic carbocycles. The fraction of sp³-hybridized carbons (Fsp3) is 0.400. The standard InChI is InChI=1S/C20H23N5OS/c1-3-9-22-16(26)12-25(2)19-17-14-7-4-8-15(14)27-20(17)24-18(23-19)13-6-5-10-21-11-13/h5-6,10-11H,3-4,7-9,12H2,1-2H3,(H,22,26). The first-order valence-electron chi connectivity index (χ1n) is 9.38. The third-order valence-electron chi connectivity index (χ3n) is 4.78. The van der Waals surface area contributed by atoms with E-state index in [4.69, 9.17) is 9.97 Å². The van der Waals surface area contributed by atoms with Gasteiger partial charge >= 0.3 is 0 Å². The summed E-state index contributed by atoms with van der Waals surface area (Å²) in [7, 11) is 1.93. The molecule has 0 aliphatic heterocycles. The number of carbonyl (C=O) groups excluding carboxylic acids is 1. The van der Waals surface area contributed by atoms with Crippen LogP contribution in [0.3, 0.4) is 0 Å². The van der Waals surface area contributed by atoms with Crippen LogP contribution in [-0.2, 0) is 17.6 Å². The number of hydrogen-bond donors (Lipinski definition) is 1. The zero-order valence-corrected chi connectivity index (χ0v) is 16.5. The van der Waals surface area contributed by atoms with E-state index < -0.39 is 0 Å². The Bertz CT molecular complexity index is 969. The third-order valence-corrected chi connectivity index (χ3v) is 5.97. The lowest BCUT2D eigenvalue weighted by Crippen LogP contribution is -2.36. The summed E-state index contributed by atoms with van der Waals surface area (Å²) in [6.45, 7) is 3.02. The minimum absolute atomic E-state index is 0.0147. The average Bonchev–Trinajstić information content (AvgIpc) is 3.27. The molecule has 0 unspecified atom stereocenters. The molecule has 0 fully saturated rings. The number of anilines is 1. The van der Waals surface area contributed by atoms with Crippen molar-refractivity contribution < 1.29 is 4.79 Å². The molecule has 7 heteroatoms. The second-order valence-electron chi connectivity index (χ2n) is 6.86. The molecule has 1 aliphatic rings. The van der Waals surface area contributed by atoms with E-state index in [0.717, 1.165) is 40.9 Å². The van der Waals surface area contributed by atoms with E-state index in [1.54, 1.807) is 23.7 Å². The van der Waals surface area contributed by atoms with E-state index in [9.17, 15) is 4.79 Å². The van der Waals surface area contributed by atoms with Crippen LogP contribution in [0.15, 0.2) is 24.5 Å². The number of likely N-dealkylation sites (N-methyl/N-ethyl adjacent to an activating group) is 1. The van der Waals surface area contributed by atoms with Crippen molar-refractivity contribution in [2.24, 2.45) is 0 Å². The first-order valence-corrected chi connectivity index (χ1v) is 10.2. The number of amides is 1. The molecule has 0 radical (unpaired) electrons. The number of aryl methyl sites for hydroxylation is 2. The lowest BCUT2D eigenvalue weighted by atomic mass is 10.1. The van der Waals surface area contributed by atoms with Gasteiger partial charge in [0.1, 0.15) is 10.6 Å². The molecule has 140 valence electrons. The number of aromatic nitrogens is 3. The molecule has 1 N–H and O–H groups in total. The molecule has 6 nitrogen and oxygen atoms in total. The highest BCUT2D eigenvalue weighted by molar-refractivity contribution is 7.19. The lowest BCUT2D eigenvalue weighted by Gasteiger charge is -2.20.